The van der Waals surface area contributed by atoms with Crippen molar-refractivity contribution < 1.29 is 14.0 Å². The van der Waals surface area contributed by atoms with Crippen LogP contribution < -0.4 is 10.6 Å². The summed E-state index contributed by atoms with van der Waals surface area (Å²) in [4.78, 5) is 31.9. The zero-order chi connectivity index (χ0) is 27.4. The molecule has 3 aromatic carbocycles. The van der Waals surface area contributed by atoms with Gasteiger partial charge in [0.2, 0.25) is 5.91 Å². The molecule has 3 amide bonds. The Bertz CT molecular complexity index is 1310. The molecule has 3 aromatic rings. The quantitative estimate of drug-likeness (QED) is 0.477. The zero-order valence-electron chi connectivity index (χ0n) is 22.8. The van der Waals surface area contributed by atoms with Crippen LogP contribution in [-0.2, 0) is 11.3 Å². The molecule has 0 aliphatic carbocycles. The van der Waals surface area contributed by atoms with Crippen LogP contribution in [0.15, 0.2) is 60.7 Å². The molecular weight excluding hydrogens is 493 g/mol. The van der Waals surface area contributed by atoms with E-state index in [2.05, 4.69) is 69.8 Å². The van der Waals surface area contributed by atoms with Crippen molar-refractivity contribution in [2.75, 3.05) is 51.6 Å². The number of hydrogen-bond donors (Lipinski definition) is 2. The van der Waals surface area contributed by atoms with Crippen LogP contribution in [0.2, 0.25) is 0 Å². The maximum absolute atomic E-state index is 14.3. The summed E-state index contributed by atoms with van der Waals surface area (Å²) in [6.45, 7) is 7.08. The van der Waals surface area contributed by atoms with Crippen LogP contribution in [-0.4, -0.2) is 73.0 Å². The predicted molar refractivity (Wildman–Crippen MR) is 153 cm³/mol. The second-order valence-corrected chi connectivity index (χ2v) is 10.8. The summed E-state index contributed by atoms with van der Waals surface area (Å²) in [5, 5.41) is 8.33. The topological polar surface area (TPSA) is 67.9 Å². The molecule has 8 heteroatoms. The van der Waals surface area contributed by atoms with Gasteiger partial charge in [0.25, 0.3) is 0 Å². The lowest BCUT2D eigenvalue weighted by atomic mass is 9.92. The van der Waals surface area contributed by atoms with E-state index in [1.165, 1.54) is 28.5 Å². The minimum Gasteiger partial charge on any atom is -0.352 e. The maximum Gasteiger partial charge on any atom is 0.321 e. The molecule has 0 saturated carbocycles. The van der Waals surface area contributed by atoms with Gasteiger partial charge in [-0.25, -0.2) is 9.18 Å². The van der Waals surface area contributed by atoms with Crippen LogP contribution in [0.25, 0.3) is 10.8 Å². The number of urea groups is 1. The Morgan fingerprint density at radius 2 is 1.67 bits per heavy atom. The number of fused-ring (bicyclic) bond motifs is 1. The zero-order valence-corrected chi connectivity index (χ0v) is 22.8. The number of likely N-dealkylation sites (N-methyl/N-ethyl adjacent to an activating group) is 1. The number of likely N-dealkylation sites (tertiary alicyclic amines) is 1. The first-order chi connectivity index (χ1) is 18.9. The number of benzene rings is 3. The van der Waals surface area contributed by atoms with E-state index in [0.29, 0.717) is 24.3 Å². The number of carbonyl (C=O) groups is 2. The van der Waals surface area contributed by atoms with Gasteiger partial charge in [0, 0.05) is 50.4 Å². The highest BCUT2D eigenvalue weighted by Crippen LogP contribution is 2.31. The Kier molecular flexibility index (Phi) is 8.43. The second kappa shape index (κ2) is 12.1. The third-order valence-corrected chi connectivity index (χ3v) is 8.19. The van der Waals surface area contributed by atoms with Gasteiger partial charge in [-0.1, -0.05) is 42.5 Å². The van der Waals surface area contributed by atoms with Crippen LogP contribution >= 0.6 is 0 Å². The van der Waals surface area contributed by atoms with E-state index in [-0.39, 0.29) is 30.4 Å². The van der Waals surface area contributed by atoms with Gasteiger partial charge >= 0.3 is 6.03 Å². The van der Waals surface area contributed by atoms with E-state index >= 15 is 0 Å². The number of nitrogens with zero attached hydrogens (tertiary/aromatic N) is 3. The lowest BCUT2D eigenvalue weighted by Gasteiger charge is -2.36. The molecule has 0 bridgehead atoms. The first-order valence-corrected chi connectivity index (χ1v) is 13.9. The van der Waals surface area contributed by atoms with Crippen molar-refractivity contribution in [1.82, 2.24) is 20.0 Å². The van der Waals surface area contributed by atoms with Crippen molar-refractivity contribution in [3.63, 3.8) is 0 Å². The van der Waals surface area contributed by atoms with Gasteiger partial charge in [-0.2, -0.15) is 0 Å². The van der Waals surface area contributed by atoms with Crippen molar-refractivity contribution in [2.45, 2.75) is 32.4 Å². The number of piperidine rings is 1. The summed E-state index contributed by atoms with van der Waals surface area (Å²) < 4.78 is 14.3. The summed E-state index contributed by atoms with van der Waals surface area (Å²) in [5.41, 5.74) is 2.34. The molecule has 1 atom stereocenters. The summed E-state index contributed by atoms with van der Waals surface area (Å²) >= 11 is 0. The smallest absolute Gasteiger partial charge is 0.321 e. The third kappa shape index (κ3) is 6.57. The highest BCUT2D eigenvalue weighted by Gasteiger charge is 2.28. The number of rotatable bonds is 6. The van der Waals surface area contributed by atoms with Gasteiger partial charge in [-0.15, -0.1) is 0 Å². The van der Waals surface area contributed by atoms with E-state index in [4.69, 9.17) is 0 Å². The molecule has 0 spiro atoms. The summed E-state index contributed by atoms with van der Waals surface area (Å²) in [7, 11) is 2.03. The fourth-order valence-electron chi connectivity index (χ4n) is 5.73. The molecule has 39 heavy (non-hydrogen) atoms. The highest BCUT2D eigenvalue weighted by atomic mass is 19.1. The van der Waals surface area contributed by atoms with E-state index in [1.54, 1.807) is 11.0 Å². The predicted octanol–water partition coefficient (Wildman–Crippen LogP) is 4.85. The monoisotopic (exact) mass is 531 g/mol. The molecule has 0 radical (unpaired) electrons. The molecule has 2 heterocycles. The Morgan fingerprint density at radius 1 is 0.949 bits per heavy atom. The molecule has 2 N–H and O–H groups in total. The van der Waals surface area contributed by atoms with Crippen molar-refractivity contribution >= 4 is 28.4 Å². The van der Waals surface area contributed by atoms with Crippen LogP contribution in [0.5, 0.6) is 0 Å². The fraction of sp³-hybridized carbons (Fsp3) is 0.419. The van der Waals surface area contributed by atoms with Gasteiger partial charge in [-0.3, -0.25) is 9.69 Å². The SMILES string of the molecule is CC(c1cccc2ccccc12)N1CCC(C(=O)NCc2cc(F)cc(NC(=O)N3CCN(C)CC3)c2)CC1. The van der Waals surface area contributed by atoms with E-state index in [9.17, 15) is 14.0 Å². The largest absolute Gasteiger partial charge is 0.352 e. The highest BCUT2D eigenvalue weighted by molar-refractivity contribution is 5.89. The molecule has 5 rings (SSSR count). The Labute approximate surface area is 230 Å². The van der Waals surface area contributed by atoms with Gasteiger partial charge < -0.3 is 20.4 Å². The number of halogens is 1. The normalized spacial score (nSPS) is 18.2. The van der Waals surface area contributed by atoms with Crippen LogP contribution in [0.1, 0.15) is 36.9 Å². The number of carbonyl (C=O) groups excluding carboxylic acids is 2. The molecule has 2 fully saturated rings. The molecule has 206 valence electrons. The third-order valence-electron chi connectivity index (χ3n) is 8.19. The van der Waals surface area contributed by atoms with Crippen molar-refractivity contribution in [3.8, 4) is 0 Å². The van der Waals surface area contributed by atoms with Crippen LogP contribution in [0, 0.1) is 11.7 Å². The number of amides is 3. The summed E-state index contributed by atoms with van der Waals surface area (Å²) in [5.74, 6) is -0.503. The van der Waals surface area contributed by atoms with Gasteiger partial charge in [0.15, 0.2) is 0 Å². The summed E-state index contributed by atoms with van der Waals surface area (Å²) in [6.07, 6.45) is 1.58. The minimum absolute atomic E-state index is 0.000234. The second-order valence-electron chi connectivity index (χ2n) is 10.8. The first-order valence-electron chi connectivity index (χ1n) is 13.9. The molecule has 7 nitrogen and oxygen atoms in total. The number of nitrogens with one attached hydrogen (secondary N) is 2. The van der Waals surface area contributed by atoms with Crippen LogP contribution in [0.4, 0.5) is 14.9 Å². The standard InChI is InChI=1S/C31H38FN5O2/c1-22(28-9-5-7-24-6-3-4-8-29(24)28)36-12-10-25(11-13-36)30(38)33-21-23-18-26(32)20-27(19-23)34-31(39)37-16-14-35(2)15-17-37/h3-9,18-20,22,25H,10-17,21H2,1-2H3,(H,33,38)(H,34,39). The van der Waals surface area contributed by atoms with E-state index < -0.39 is 5.82 Å². The van der Waals surface area contributed by atoms with Gasteiger partial charge in [-0.05, 0) is 80.0 Å². The molecule has 0 aromatic heterocycles. The Hall–Kier alpha value is -3.49. The molecule has 2 aliphatic rings. The van der Waals surface area contributed by atoms with Crippen molar-refractivity contribution in [2.24, 2.45) is 5.92 Å². The number of hydrogen-bond acceptors (Lipinski definition) is 4. The first kappa shape index (κ1) is 27.1. The van der Waals surface area contributed by atoms with Crippen molar-refractivity contribution in [3.05, 3.63) is 77.6 Å². The molecule has 1 unspecified atom stereocenters. The average Bonchev–Trinajstić information content (AvgIpc) is 2.95. The van der Waals surface area contributed by atoms with E-state index in [1.807, 2.05) is 7.05 Å². The molecule has 2 aliphatic heterocycles. The van der Waals surface area contributed by atoms with E-state index in [0.717, 1.165) is 39.0 Å². The fourth-order valence-corrected chi connectivity index (χ4v) is 5.73. The van der Waals surface area contributed by atoms with Gasteiger partial charge in [0.05, 0.1) is 0 Å². The number of piperazine rings is 1. The molecule has 2 saturated heterocycles. The average molecular weight is 532 g/mol. The van der Waals surface area contributed by atoms with Crippen LogP contribution in [0.3, 0.4) is 0 Å². The Morgan fingerprint density at radius 3 is 2.44 bits per heavy atom. The summed E-state index contributed by atoms with van der Waals surface area (Å²) in [6, 6.07) is 19.4. The molecular formula is C31H38FN5O2. The lowest BCUT2D eigenvalue weighted by Crippen LogP contribution is -2.48. The minimum atomic E-state index is -0.439. The van der Waals surface area contributed by atoms with Crippen molar-refractivity contribution in [1.29, 1.82) is 0 Å². The number of anilines is 1. The Balaban J connectivity index is 1.13. The lowest BCUT2D eigenvalue weighted by molar-refractivity contribution is -0.126. The maximum atomic E-state index is 14.3. The van der Waals surface area contributed by atoms with Gasteiger partial charge in [0.1, 0.15) is 5.82 Å².